The zero-order chi connectivity index (χ0) is 19.0. The van der Waals surface area contributed by atoms with Crippen LogP contribution in [0, 0.1) is 19.8 Å². The average Bonchev–Trinajstić information content (AvgIpc) is 3.08. The molecule has 3 nitrogen and oxygen atoms in total. The first kappa shape index (κ1) is 18.2. The smallest absolute Gasteiger partial charge is 0.306 e. The molecule has 2 aromatic carbocycles. The Kier molecular flexibility index (Phi) is 5.02. The van der Waals surface area contributed by atoms with Gasteiger partial charge in [-0.2, -0.15) is 0 Å². The van der Waals surface area contributed by atoms with Gasteiger partial charge in [-0.05, 0) is 68.4 Å². The van der Waals surface area contributed by atoms with Gasteiger partial charge >= 0.3 is 5.97 Å². The Morgan fingerprint density at radius 1 is 1.11 bits per heavy atom. The van der Waals surface area contributed by atoms with Gasteiger partial charge in [0.15, 0.2) is 0 Å². The molecule has 1 fully saturated rings. The largest absolute Gasteiger partial charge is 0.481 e. The predicted molar refractivity (Wildman–Crippen MR) is 112 cm³/mol. The third-order valence-electron chi connectivity index (χ3n) is 5.68. The molecular weight excluding hydrogens is 354 g/mol. The van der Waals surface area contributed by atoms with Crippen molar-refractivity contribution in [2.24, 2.45) is 5.92 Å². The first-order chi connectivity index (χ1) is 13.0. The van der Waals surface area contributed by atoms with Gasteiger partial charge in [-0.1, -0.05) is 42.0 Å². The second kappa shape index (κ2) is 7.45. The minimum absolute atomic E-state index is 0.192. The molecule has 0 radical (unpaired) electrons. The lowest BCUT2D eigenvalue weighted by atomic mass is 9.91. The summed E-state index contributed by atoms with van der Waals surface area (Å²) in [7, 11) is 0. The number of likely N-dealkylation sites (tertiary alicyclic amines) is 1. The van der Waals surface area contributed by atoms with Crippen LogP contribution in [0.2, 0.25) is 0 Å². The van der Waals surface area contributed by atoms with Crippen LogP contribution >= 0.6 is 11.3 Å². The molecule has 3 aromatic rings. The standard InChI is InChI=1S/C23H25NO2S/c1-15-7-8-19(16(2)13-15)22(24-11-9-17(10-12-24)23(25)26)21-14-18-5-3-4-6-20(18)27-21/h3-8,13-14,17,22H,9-12H2,1-2H3,(H,25,26). The van der Waals surface area contributed by atoms with E-state index in [0.717, 1.165) is 25.9 Å². The van der Waals surface area contributed by atoms with Gasteiger partial charge in [0.05, 0.1) is 12.0 Å². The van der Waals surface area contributed by atoms with E-state index >= 15 is 0 Å². The molecule has 27 heavy (non-hydrogen) atoms. The number of aryl methyl sites for hydroxylation is 2. The van der Waals surface area contributed by atoms with Crippen LogP contribution in [0.3, 0.4) is 0 Å². The van der Waals surface area contributed by atoms with Crippen LogP contribution in [0.4, 0.5) is 0 Å². The second-order valence-electron chi connectivity index (χ2n) is 7.60. The summed E-state index contributed by atoms with van der Waals surface area (Å²) in [6.45, 7) is 5.96. The van der Waals surface area contributed by atoms with Crippen LogP contribution in [0.1, 0.15) is 40.5 Å². The van der Waals surface area contributed by atoms with Crippen molar-refractivity contribution in [1.82, 2.24) is 4.90 Å². The van der Waals surface area contributed by atoms with Crippen LogP contribution in [-0.2, 0) is 4.79 Å². The molecule has 1 aliphatic rings. The molecule has 1 atom stereocenters. The Morgan fingerprint density at radius 3 is 2.52 bits per heavy atom. The molecule has 1 aliphatic heterocycles. The van der Waals surface area contributed by atoms with Crippen LogP contribution in [0.25, 0.3) is 10.1 Å². The highest BCUT2D eigenvalue weighted by Gasteiger charge is 2.31. The van der Waals surface area contributed by atoms with Gasteiger partial charge in [0.1, 0.15) is 0 Å². The Hall–Kier alpha value is -2.17. The summed E-state index contributed by atoms with van der Waals surface area (Å²) in [5.74, 6) is -0.858. The number of thiophene rings is 1. The van der Waals surface area contributed by atoms with Crippen molar-refractivity contribution in [3.8, 4) is 0 Å². The molecule has 1 N–H and O–H groups in total. The van der Waals surface area contributed by atoms with Crippen molar-refractivity contribution in [3.63, 3.8) is 0 Å². The molecule has 140 valence electrons. The Balaban J connectivity index is 1.74. The maximum Gasteiger partial charge on any atom is 0.306 e. The Bertz CT molecular complexity index is 936. The van der Waals surface area contributed by atoms with Crippen LogP contribution in [0.15, 0.2) is 48.5 Å². The highest BCUT2D eigenvalue weighted by Crippen LogP contribution is 2.39. The quantitative estimate of drug-likeness (QED) is 0.659. The van der Waals surface area contributed by atoms with E-state index in [1.54, 1.807) is 0 Å². The van der Waals surface area contributed by atoms with Crippen LogP contribution in [0.5, 0.6) is 0 Å². The first-order valence-corrected chi connectivity index (χ1v) is 10.4. The lowest BCUT2D eigenvalue weighted by Crippen LogP contribution is -2.39. The summed E-state index contributed by atoms with van der Waals surface area (Å²) in [4.78, 5) is 15.2. The number of rotatable bonds is 4. The predicted octanol–water partition coefficient (Wildman–Crippen LogP) is 5.40. The summed E-state index contributed by atoms with van der Waals surface area (Å²) < 4.78 is 1.31. The minimum atomic E-state index is -0.653. The number of aliphatic carboxylic acids is 1. The molecule has 0 bridgehead atoms. The normalized spacial score (nSPS) is 17.3. The molecule has 0 spiro atoms. The van der Waals surface area contributed by atoms with Crippen molar-refractivity contribution in [1.29, 1.82) is 0 Å². The van der Waals surface area contributed by atoms with Gasteiger partial charge in [-0.15, -0.1) is 11.3 Å². The van der Waals surface area contributed by atoms with Crippen molar-refractivity contribution in [2.75, 3.05) is 13.1 Å². The number of piperidine rings is 1. The lowest BCUT2D eigenvalue weighted by Gasteiger charge is -2.37. The molecule has 1 unspecified atom stereocenters. The molecule has 4 rings (SSSR count). The molecule has 1 aromatic heterocycles. The fourth-order valence-corrected chi connectivity index (χ4v) is 5.42. The highest BCUT2D eigenvalue weighted by atomic mass is 32.1. The van der Waals surface area contributed by atoms with E-state index < -0.39 is 5.97 Å². The molecule has 0 amide bonds. The number of carboxylic acids is 1. The fourth-order valence-electron chi connectivity index (χ4n) is 4.20. The number of benzene rings is 2. The maximum absolute atomic E-state index is 11.4. The van der Waals surface area contributed by atoms with Crippen molar-refractivity contribution >= 4 is 27.4 Å². The van der Waals surface area contributed by atoms with Crippen LogP contribution in [-0.4, -0.2) is 29.1 Å². The van der Waals surface area contributed by atoms with E-state index in [-0.39, 0.29) is 12.0 Å². The van der Waals surface area contributed by atoms with E-state index in [9.17, 15) is 9.90 Å². The van der Waals surface area contributed by atoms with Crippen molar-refractivity contribution < 1.29 is 9.90 Å². The highest BCUT2D eigenvalue weighted by molar-refractivity contribution is 7.19. The van der Waals surface area contributed by atoms with Gasteiger partial charge in [-0.3, -0.25) is 9.69 Å². The third-order valence-corrected chi connectivity index (χ3v) is 6.85. The van der Waals surface area contributed by atoms with Gasteiger partial charge in [0, 0.05) is 9.58 Å². The number of hydrogen-bond donors (Lipinski definition) is 1. The Labute approximate surface area is 164 Å². The van der Waals surface area contributed by atoms with E-state index in [4.69, 9.17) is 0 Å². The summed E-state index contributed by atoms with van der Waals surface area (Å²) in [6, 6.07) is 17.7. The Morgan fingerprint density at radius 2 is 1.85 bits per heavy atom. The van der Waals surface area contributed by atoms with E-state index in [0.29, 0.717) is 0 Å². The van der Waals surface area contributed by atoms with E-state index in [1.165, 1.54) is 31.7 Å². The lowest BCUT2D eigenvalue weighted by molar-refractivity contribution is -0.143. The van der Waals surface area contributed by atoms with Gasteiger partial charge in [0.2, 0.25) is 0 Å². The number of hydrogen-bond acceptors (Lipinski definition) is 3. The van der Waals surface area contributed by atoms with E-state index in [1.807, 2.05) is 11.3 Å². The summed E-state index contributed by atoms with van der Waals surface area (Å²) in [5.41, 5.74) is 3.91. The molecule has 4 heteroatoms. The molecule has 2 heterocycles. The van der Waals surface area contributed by atoms with Crippen molar-refractivity contribution in [2.45, 2.75) is 32.7 Å². The second-order valence-corrected chi connectivity index (χ2v) is 8.71. The number of nitrogens with zero attached hydrogens (tertiary/aromatic N) is 1. The molecular formula is C23H25NO2S. The number of fused-ring (bicyclic) bond motifs is 1. The topological polar surface area (TPSA) is 40.5 Å². The van der Waals surface area contributed by atoms with E-state index in [2.05, 4.69) is 67.3 Å². The van der Waals surface area contributed by atoms with Crippen LogP contribution < -0.4 is 0 Å². The monoisotopic (exact) mass is 379 g/mol. The zero-order valence-electron chi connectivity index (χ0n) is 15.8. The molecule has 1 saturated heterocycles. The SMILES string of the molecule is Cc1ccc(C(c2cc3ccccc3s2)N2CCC(C(=O)O)CC2)c(C)c1. The number of carboxylic acid groups (broad SMARTS) is 1. The van der Waals surface area contributed by atoms with Crippen molar-refractivity contribution in [3.05, 3.63) is 70.1 Å². The minimum Gasteiger partial charge on any atom is -0.481 e. The zero-order valence-corrected chi connectivity index (χ0v) is 16.6. The fraction of sp³-hybridized carbons (Fsp3) is 0.348. The first-order valence-electron chi connectivity index (χ1n) is 9.55. The summed E-state index contributed by atoms with van der Waals surface area (Å²) in [5, 5.41) is 10.6. The van der Waals surface area contributed by atoms with Gasteiger partial charge < -0.3 is 5.11 Å². The summed E-state index contributed by atoms with van der Waals surface area (Å²) >= 11 is 1.86. The average molecular weight is 380 g/mol. The number of carbonyl (C=O) groups is 1. The van der Waals surface area contributed by atoms with Gasteiger partial charge in [-0.25, -0.2) is 0 Å². The third kappa shape index (κ3) is 3.64. The molecule has 0 saturated carbocycles. The van der Waals surface area contributed by atoms with Gasteiger partial charge in [0.25, 0.3) is 0 Å². The summed E-state index contributed by atoms with van der Waals surface area (Å²) in [6.07, 6.45) is 1.45. The molecule has 0 aliphatic carbocycles. The maximum atomic E-state index is 11.4.